The van der Waals surface area contributed by atoms with Gasteiger partial charge in [-0.25, -0.2) is 9.79 Å². The number of carbonyl (C=O) groups excluding carboxylic acids is 1. The first-order chi connectivity index (χ1) is 13.7. The molecule has 0 unspecified atom stereocenters. The fraction of sp³-hybridized carbons (Fsp3) is 0.727. The van der Waals surface area contributed by atoms with Crippen LogP contribution in [-0.2, 0) is 18.3 Å². The van der Waals surface area contributed by atoms with E-state index in [1.165, 1.54) is 5.56 Å². The Morgan fingerprint density at radius 1 is 1.30 bits per heavy atom. The maximum atomic E-state index is 12.4. The number of likely N-dealkylation sites (tertiary alicyclic amines) is 1. The van der Waals surface area contributed by atoms with Gasteiger partial charge in [-0.15, -0.1) is 24.0 Å². The van der Waals surface area contributed by atoms with Crippen molar-refractivity contribution in [2.75, 3.05) is 32.7 Å². The smallest absolute Gasteiger partial charge is 0.410 e. The summed E-state index contributed by atoms with van der Waals surface area (Å²) in [5, 5.41) is 3.42. The highest BCUT2D eigenvalue weighted by Gasteiger charge is 2.27. The first-order valence-electron chi connectivity index (χ1n) is 10.8. The first kappa shape index (κ1) is 26.6. The summed E-state index contributed by atoms with van der Waals surface area (Å²) in [5.41, 5.74) is 0.762. The van der Waals surface area contributed by atoms with Crippen molar-refractivity contribution in [1.82, 2.24) is 19.7 Å². The Kier molecular flexibility index (Phi) is 11.0. The van der Waals surface area contributed by atoms with Crippen LogP contribution in [0.2, 0.25) is 0 Å². The van der Waals surface area contributed by atoms with Gasteiger partial charge in [-0.05, 0) is 65.0 Å². The molecule has 1 aliphatic rings. The van der Waals surface area contributed by atoms with E-state index in [0.29, 0.717) is 19.0 Å². The fourth-order valence-electron chi connectivity index (χ4n) is 3.54. The van der Waals surface area contributed by atoms with Gasteiger partial charge in [-0.2, -0.15) is 0 Å². The molecule has 0 radical (unpaired) electrons. The maximum absolute atomic E-state index is 12.4. The van der Waals surface area contributed by atoms with E-state index in [4.69, 9.17) is 9.73 Å². The summed E-state index contributed by atoms with van der Waals surface area (Å²) < 4.78 is 7.59. The van der Waals surface area contributed by atoms with Crippen LogP contribution in [0.3, 0.4) is 0 Å². The van der Waals surface area contributed by atoms with Crippen LogP contribution in [-0.4, -0.2) is 64.7 Å². The van der Waals surface area contributed by atoms with Crippen LogP contribution in [0.1, 0.15) is 53.0 Å². The minimum absolute atomic E-state index is 0. The molecule has 1 aromatic rings. The molecule has 30 heavy (non-hydrogen) atoms. The van der Waals surface area contributed by atoms with Gasteiger partial charge in [-0.3, -0.25) is 0 Å². The molecule has 0 bridgehead atoms. The van der Waals surface area contributed by atoms with Crippen LogP contribution in [0.5, 0.6) is 0 Å². The van der Waals surface area contributed by atoms with Gasteiger partial charge in [0.25, 0.3) is 0 Å². The van der Waals surface area contributed by atoms with Crippen LogP contribution >= 0.6 is 24.0 Å². The summed E-state index contributed by atoms with van der Waals surface area (Å²) in [4.78, 5) is 21.4. The molecule has 2 heterocycles. The second kappa shape index (κ2) is 12.4. The number of nitrogens with one attached hydrogen (secondary N) is 1. The SMILES string of the molecule is CCNC(=NCc1ccn(C)c1)N1CCC(CN(CC)C(=O)OC(C)(C)C)CC1.I. The van der Waals surface area contributed by atoms with Gasteiger partial charge in [-0.1, -0.05) is 0 Å². The minimum atomic E-state index is -0.455. The Balaban J connectivity index is 0.00000450. The Labute approximate surface area is 199 Å². The Hall–Kier alpha value is -1.45. The fourth-order valence-corrected chi connectivity index (χ4v) is 3.54. The van der Waals surface area contributed by atoms with E-state index in [2.05, 4.69) is 29.4 Å². The number of carbonyl (C=O) groups is 1. The predicted molar refractivity (Wildman–Crippen MR) is 133 cm³/mol. The molecule has 0 atom stereocenters. The molecular formula is C22H40IN5O2. The second-order valence-electron chi connectivity index (χ2n) is 8.80. The van der Waals surface area contributed by atoms with Crippen LogP contribution in [0.15, 0.2) is 23.5 Å². The molecule has 8 heteroatoms. The zero-order valence-corrected chi connectivity index (χ0v) is 21.8. The molecule has 0 spiro atoms. The van der Waals surface area contributed by atoms with Crippen LogP contribution in [0.25, 0.3) is 0 Å². The molecule has 1 N–H and O–H groups in total. The lowest BCUT2D eigenvalue weighted by atomic mass is 9.96. The maximum Gasteiger partial charge on any atom is 0.410 e. The standard InChI is InChI=1S/C22H39N5O2.HI/c1-7-23-20(24-15-19-9-12-25(6)16-19)27-13-10-18(11-14-27)17-26(8-2)21(28)29-22(3,4)5;/h9,12,16,18H,7-8,10-11,13-15,17H2,1-6H3,(H,23,24);1H. The average Bonchev–Trinajstić information content (AvgIpc) is 3.07. The molecular weight excluding hydrogens is 493 g/mol. The van der Waals surface area contributed by atoms with E-state index in [1.54, 1.807) is 0 Å². The van der Waals surface area contributed by atoms with Crippen LogP contribution in [0.4, 0.5) is 4.79 Å². The lowest BCUT2D eigenvalue weighted by Gasteiger charge is -2.36. The van der Waals surface area contributed by atoms with Crippen molar-refractivity contribution < 1.29 is 9.53 Å². The normalized spacial score (nSPS) is 15.5. The molecule has 1 aliphatic heterocycles. The summed E-state index contributed by atoms with van der Waals surface area (Å²) >= 11 is 0. The lowest BCUT2D eigenvalue weighted by Crippen LogP contribution is -2.47. The molecule has 1 saturated heterocycles. The summed E-state index contributed by atoms with van der Waals surface area (Å²) in [6.07, 6.45) is 6.05. The number of hydrogen-bond donors (Lipinski definition) is 1. The highest BCUT2D eigenvalue weighted by atomic mass is 127. The van der Waals surface area contributed by atoms with Crippen molar-refractivity contribution in [1.29, 1.82) is 0 Å². The summed E-state index contributed by atoms with van der Waals surface area (Å²) in [5.74, 6) is 1.48. The van der Waals surface area contributed by atoms with E-state index in [-0.39, 0.29) is 30.1 Å². The molecule has 1 amide bonds. The molecule has 1 fully saturated rings. The summed E-state index contributed by atoms with van der Waals surface area (Å²) in [6.45, 7) is 14.7. The van der Waals surface area contributed by atoms with Gasteiger partial charge in [0.15, 0.2) is 5.96 Å². The molecule has 2 rings (SSSR count). The third-order valence-electron chi connectivity index (χ3n) is 5.07. The summed E-state index contributed by atoms with van der Waals surface area (Å²) in [7, 11) is 2.03. The van der Waals surface area contributed by atoms with Crippen molar-refractivity contribution in [2.24, 2.45) is 18.0 Å². The molecule has 172 valence electrons. The van der Waals surface area contributed by atoms with Gasteiger partial charge < -0.3 is 24.4 Å². The quantitative estimate of drug-likeness (QED) is 0.340. The van der Waals surface area contributed by atoms with Crippen molar-refractivity contribution >= 4 is 36.0 Å². The zero-order chi connectivity index (χ0) is 21.4. The van der Waals surface area contributed by atoms with E-state index in [9.17, 15) is 4.79 Å². The van der Waals surface area contributed by atoms with Crippen LogP contribution < -0.4 is 5.32 Å². The number of ether oxygens (including phenoxy) is 1. The third kappa shape index (κ3) is 8.73. The second-order valence-corrected chi connectivity index (χ2v) is 8.80. The van der Waals surface area contributed by atoms with E-state index in [1.807, 2.05) is 50.4 Å². The topological polar surface area (TPSA) is 62.1 Å². The molecule has 7 nitrogen and oxygen atoms in total. The highest BCUT2D eigenvalue weighted by molar-refractivity contribution is 14.0. The number of hydrogen-bond acceptors (Lipinski definition) is 3. The van der Waals surface area contributed by atoms with Gasteiger partial charge >= 0.3 is 6.09 Å². The van der Waals surface area contributed by atoms with Gasteiger partial charge in [0.1, 0.15) is 5.60 Å². The van der Waals surface area contributed by atoms with Gasteiger partial charge in [0, 0.05) is 52.2 Å². The van der Waals surface area contributed by atoms with E-state index in [0.717, 1.165) is 45.0 Å². The summed E-state index contributed by atoms with van der Waals surface area (Å²) in [6, 6.07) is 2.11. The van der Waals surface area contributed by atoms with Crippen molar-refractivity contribution in [2.45, 2.75) is 59.6 Å². The monoisotopic (exact) mass is 533 g/mol. The number of aromatic nitrogens is 1. The number of amides is 1. The molecule has 0 aliphatic carbocycles. The Morgan fingerprint density at radius 2 is 1.97 bits per heavy atom. The minimum Gasteiger partial charge on any atom is -0.444 e. The highest BCUT2D eigenvalue weighted by Crippen LogP contribution is 2.20. The lowest BCUT2D eigenvalue weighted by molar-refractivity contribution is 0.0214. The number of piperidine rings is 1. The van der Waals surface area contributed by atoms with Gasteiger partial charge in [0.2, 0.25) is 0 Å². The van der Waals surface area contributed by atoms with Gasteiger partial charge in [0.05, 0.1) is 6.54 Å². The number of nitrogens with zero attached hydrogens (tertiary/aromatic N) is 4. The first-order valence-corrected chi connectivity index (χ1v) is 10.8. The Bertz CT molecular complexity index is 675. The predicted octanol–water partition coefficient (Wildman–Crippen LogP) is 4.08. The number of halogens is 1. The zero-order valence-electron chi connectivity index (χ0n) is 19.5. The van der Waals surface area contributed by atoms with Crippen molar-refractivity contribution in [3.8, 4) is 0 Å². The van der Waals surface area contributed by atoms with Crippen molar-refractivity contribution in [3.63, 3.8) is 0 Å². The largest absolute Gasteiger partial charge is 0.444 e. The van der Waals surface area contributed by atoms with E-state index >= 15 is 0 Å². The number of rotatable bonds is 6. The number of aryl methyl sites for hydroxylation is 1. The Morgan fingerprint density at radius 3 is 2.47 bits per heavy atom. The number of aliphatic imine (C=N–C) groups is 1. The number of guanidine groups is 1. The third-order valence-corrected chi connectivity index (χ3v) is 5.07. The molecule has 0 aromatic carbocycles. The molecule has 0 saturated carbocycles. The average molecular weight is 533 g/mol. The molecule has 1 aromatic heterocycles. The van der Waals surface area contributed by atoms with Crippen molar-refractivity contribution in [3.05, 3.63) is 24.0 Å². The van der Waals surface area contributed by atoms with E-state index < -0.39 is 5.60 Å². The van der Waals surface area contributed by atoms with Crippen LogP contribution in [0, 0.1) is 5.92 Å².